The van der Waals surface area contributed by atoms with E-state index in [9.17, 15) is 9.59 Å². The summed E-state index contributed by atoms with van der Waals surface area (Å²) in [5, 5.41) is 7.14. The third-order valence-electron chi connectivity index (χ3n) is 4.98. The molecule has 0 aliphatic rings. The van der Waals surface area contributed by atoms with E-state index >= 15 is 0 Å². The number of carbonyl (C=O) groups excluding carboxylic acids is 2. The minimum absolute atomic E-state index is 0.182. The van der Waals surface area contributed by atoms with E-state index in [1.807, 2.05) is 73.1 Å². The number of methoxy groups -OCH3 is 1. The second-order valence-corrected chi connectivity index (χ2v) is 8.78. The van der Waals surface area contributed by atoms with E-state index < -0.39 is 24.0 Å². The number of hydrogen-bond acceptors (Lipinski definition) is 7. The maximum atomic E-state index is 12.9. The molecule has 3 aromatic rings. The number of nitrogens with one attached hydrogen (secondary N) is 1. The van der Waals surface area contributed by atoms with Gasteiger partial charge in [0, 0.05) is 17.4 Å². The van der Waals surface area contributed by atoms with Crippen LogP contribution < -0.4 is 5.32 Å². The molecule has 3 rings (SSSR count). The number of esters is 2. The summed E-state index contributed by atoms with van der Waals surface area (Å²) in [6, 6.07) is 13.8. The number of carbonyl (C=O) groups is 2. The van der Waals surface area contributed by atoms with Crippen molar-refractivity contribution in [2.75, 3.05) is 7.11 Å². The molecule has 0 aliphatic carbocycles. The van der Waals surface area contributed by atoms with Gasteiger partial charge in [-0.05, 0) is 41.5 Å². The molecular formula is C25H29NO5S. The summed E-state index contributed by atoms with van der Waals surface area (Å²) in [5.41, 5.74) is 1.90. The molecule has 1 unspecified atom stereocenters. The molecule has 0 spiro atoms. The van der Waals surface area contributed by atoms with Crippen molar-refractivity contribution in [2.24, 2.45) is 5.92 Å². The fourth-order valence-electron chi connectivity index (χ4n) is 3.38. The van der Waals surface area contributed by atoms with Gasteiger partial charge in [-0.3, -0.25) is 14.9 Å². The van der Waals surface area contributed by atoms with E-state index in [-0.39, 0.29) is 18.9 Å². The van der Waals surface area contributed by atoms with Crippen LogP contribution in [0.1, 0.15) is 31.6 Å². The van der Waals surface area contributed by atoms with Crippen molar-refractivity contribution in [2.45, 2.75) is 45.4 Å². The monoisotopic (exact) mass is 455 g/mol. The van der Waals surface area contributed by atoms with Crippen LogP contribution in [0.5, 0.6) is 0 Å². The predicted octanol–water partition coefficient (Wildman–Crippen LogP) is 4.84. The van der Waals surface area contributed by atoms with Crippen molar-refractivity contribution in [3.8, 4) is 11.3 Å². The van der Waals surface area contributed by atoms with Crippen molar-refractivity contribution in [1.82, 2.24) is 5.32 Å². The van der Waals surface area contributed by atoms with Crippen molar-refractivity contribution in [1.29, 1.82) is 0 Å². The Hall–Kier alpha value is -2.90. The van der Waals surface area contributed by atoms with Gasteiger partial charge in [0.05, 0.1) is 7.11 Å². The van der Waals surface area contributed by atoms with Gasteiger partial charge in [0.25, 0.3) is 0 Å². The fraction of sp³-hybridized carbons (Fsp3) is 0.360. The van der Waals surface area contributed by atoms with Gasteiger partial charge in [-0.15, -0.1) is 0 Å². The summed E-state index contributed by atoms with van der Waals surface area (Å²) in [4.78, 5) is 25.3. The van der Waals surface area contributed by atoms with Gasteiger partial charge in [-0.2, -0.15) is 11.3 Å². The van der Waals surface area contributed by atoms with Gasteiger partial charge in [0.1, 0.15) is 30.2 Å². The minimum atomic E-state index is -0.741. The van der Waals surface area contributed by atoms with Gasteiger partial charge in [0.15, 0.2) is 0 Å². The van der Waals surface area contributed by atoms with Gasteiger partial charge < -0.3 is 13.9 Å². The molecule has 0 amide bonds. The summed E-state index contributed by atoms with van der Waals surface area (Å²) in [6.07, 6.45) is 0.788. The lowest BCUT2D eigenvalue weighted by atomic mass is 10.0. The van der Waals surface area contributed by atoms with Crippen molar-refractivity contribution in [3.05, 3.63) is 70.6 Å². The largest absolute Gasteiger partial charge is 0.468 e. The number of furan rings is 1. The maximum Gasteiger partial charge on any atom is 0.323 e. The van der Waals surface area contributed by atoms with Crippen LogP contribution in [0.15, 0.2) is 63.7 Å². The first-order chi connectivity index (χ1) is 15.5. The molecular weight excluding hydrogens is 426 g/mol. The minimum Gasteiger partial charge on any atom is -0.468 e. The Balaban J connectivity index is 1.69. The van der Waals surface area contributed by atoms with Crippen molar-refractivity contribution in [3.63, 3.8) is 0 Å². The fourth-order valence-corrected chi connectivity index (χ4v) is 4.02. The molecule has 0 aliphatic heterocycles. The van der Waals surface area contributed by atoms with E-state index in [0.29, 0.717) is 12.2 Å². The zero-order valence-corrected chi connectivity index (χ0v) is 19.4. The number of thiophene rings is 1. The molecule has 7 heteroatoms. The van der Waals surface area contributed by atoms with Crippen LogP contribution in [-0.4, -0.2) is 31.1 Å². The Bertz CT molecular complexity index is 981. The quantitative estimate of drug-likeness (QED) is 0.417. The van der Waals surface area contributed by atoms with Crippen LogP contribution in [0.25, 0.3) is 11.3 Å². The lowest BCUT2D eigenvalue weighted by Gasteiger charge is -2.24. The highest BCUT2D eigenvalue weighted by Gasteiger charge is 2.30. The molecule has 0 saturated heterocycles. The van der Waals surface area contributed by atoms with Crippen LogP contribution in [0.3, 0.4) is 0 Å². The highest BCUT2D eigenvalue weighted by molar-refractivity contribution is 7.08. The van der Waals surface area contributed by atoms with E-state index in [4.69, 9.17) is 13.9 Å². The molecule has 0 saturated carbocycles. The molecule has 6 nitrogen and oxygen atoms in total. The highest BCUT2D eigenvalue weighted by atomic mass is 32.1. The average Bonchev–Trinajstić information content (AvgIpc) is 3.48. The second-order valence-electron chi connectivity index (χ2n) is 8.00. The first-order valence-electron chi connectivity index (χ1n) is 10.6. The highest BCUT2D eigenvalue weighted by Crippen LogP contribution is 2.25. The predicted molar refractivity (Wildman–Crippen MR) is 124 cm³/mol. The van der Waals surface area contributed by atoms with Gasteiger partial charge in [-0.1, -0.05) is 44.2 Å². The van der Waals surface area contributed by atoms with E-state index in [2.05, 4.69) is 5.32 Å². The zero-order valence-electron chi connectivity index (χ0n) is 18.6. The first-order valence-corrected chi connectivity index (χ1v) is 11.6. The molecule has 1 aromatic carbocycles. The average molecular weight is 456 g/mol. The molecule has 32 heavy (non-hydrogen) atoms. The summed E-state index contributed by atoms with van der Waals surface area (Å²) in [6.45, 7) is 4.22. The second kappa shape index (κ2) is 11.6. The molecule has 0 radical (unpaired) electrons. The number of hydrogen-bond donors (Lipinski definition) is 1. The van der Waals surface area contributed by atoms with Gasteiger partial charge >= 0.3 is 11.9 Å². The van der Waals surface area contributed by atoms with Crippen LogP contribution in [0, 0.1) is 5.92 Å². The number of ether oxygens (including phenoxy) is 2. The van der Waals surface area contributed by atoms with Crippen LogP contribution in [-0.2, 0) is 32.1 Å². The molecule has 0 fully saturated rings. The lowest BCUT2D eigenvalue weighted by molar-refractivity contribution is -0.149. The lowest BCUT2D eigenvalue weighted by Crippen LogP contribution is -2.49. The molecule has 170 valence electrons. The smallest absolute Gasteiger partial charge is 0.323 e. The number of benzene rings is 1. The van der Waals surface area contributed by atoms with Gasteiger partial charge in [-0.25, -0.2) is 0 Å². The molecule has 2 atom stereocenters. The van der Waals surface area contributed by atoms with Crippen LogP contribution in [0.4, 0.5) is 0 Å². The Morgan fingerprint density at radius 1 is 1.03 bits per heavy atom. The third-order valence-corrected chi connectivity index (χ3v) is 5.66. The van der Waals surface area contributed by atoms with E-state index in [0.717, 1.165) is 16.9 Å². The molecule has 0 bridgehead atoms. The molecule has 2 aromatic heterocycles. The summed E-state index contributed by atoms with van der Waals surface area (Å²) in [5.74, 6) is 0.753. The van der Waals surface area contributed by atoms with Gasteiger partial charge in [0.2, 0.25) is 0 Å². The first kappa shape index (κ1) is 23.8. The summed E-state index contributed by atoms with van der Waals surface area (Å²) >= 11 is 1.59. The normalized spacial score (nSPS) is 13.0. The Labute approximate surface area is 192 Å². The standard InChI is InChI=1S/C25H29NO5S/c1-17(2)13-21(25(28)30-15-18-7-5-4-6-8-18)26-22(24(27)29-3)14-20-9-10-23(31-20)19-11-12-32-16-19/h4-12,16-17,21-22,26H,13-15H2,1-3H3/t21?,22-/m0/s1. The van der Waals surface area contributed by atoms with Crippen molar-refractivity contribution >= 4 is 23.3 Å². The zero-order chi connectivity index (χ0) is 22.9. The summed E-state index contributed by atoms with van der Waals surface area (Å²) in [7, 11) is 1.33. The Morgan fingerprint density at radius 3 is 2.47 bits per heavy atom. The van der Waals surface area contributed by atoms with E-state index in [1.165, 1.54) is 7.11 Å². The Kier molecular flexibility index (Phi) is 8.64. The topological polar surface area (TPSA) is 77.8 Å². The van der Waals surface area contributed by atoms with Crippen molar-refractivity contribution < 1.29 is 23.5 Å². The maximum absolute atomic E-state index is 12.9. The Morgan fingerprint density at radius 2 is 1.81 bits per heavy atom. The molecule has 2 heterocycles. The van der Waals surface area contributed by atoms with E-state index in [1.54, 1.807) is 11.3 Å². The number of rotatable bonds is 11. The summed E-state index contributed by atoms with van der Waals surface area (Å²) < 4.78 is 16.4. The third kappa shape index (κ3) is 6.80. The van der Waals surface area contributed by atoms with Crippen LogP contribution in [0.2, 0.25) is 0 Å². The SMILES string of the molecule is COC(=O)[C@H](Cc1ccc(-c2ccsc2)o1)NC(CC(C)C)C(=O)OCc1ccccc1. The van der Waals surface area contributed by atoms with Crippen LogP contribution >= 0.6 is 11.3 Å². The molecule has 1 N–H and O–H groups in total.